The Morgan fingerprint density at radius 2 is 2.44 bits per heavy atom. The van der Waals surface area contributed by atoms with Gasteiger partial charge in [0, 0.05) is 26.8 Å². The second kappa shape index (κ2) is 5.56. The zero-order valence-corrected chi connectivity index (χ0v) is 11.7. The molecule has 1 unspecified atom stereocenters. The minimum absolute atomic E-state index is 0.116. The maximum Gasteiger partial charge on any atom is 0.261 e. The van der Waals surface area contributed by atoms with Gasteiger partial charge in [-0.3, -0.25) is 0 Å². The van der Waals surface area contributed by atoms with Crippen molar-refractivity contribution in [2.75, 3.05) is 19.8 Å². The van der Waals surface area contributed by atoms with Crippen LogP contribution in [0.3, 0.4) is 0 Å². The van der Waals surface area contributed by atoms with Crippen LogP contribution >= 0.6 is 11.6 Å². The highest BCUT2D eigenvalue weighted by atomic mass is 35.5. The highest BCUT2D eigenvalue weighted by molar-refractivity contribution is 7.89. The topological polar surface area (TPSA) is 73.2 Å². The van der Waals surface area contributed by atoms with Crippen LogP contribution in [0.5, 0.6) is 0 Å². The molecule has 1 aromatic heterocycles. The Balaban J connectivity index is 1.93. The molecule has 6 nitrogen and oxygen atoms in total. The Morgan fingerprint density at radius 3 is 3.00 bits per heavy atom. The second-order valence-electron chi connectivity index (χ2n) is 4.37. The minimum atomic E-state index is -3.62. The Hall–Kier alpha value is -0.630. The fraction of sp³-hybridized carbons (Fsp3) is 0.700. The molecule has 1 atom stereocenters. The number of halogens is 1. The number of rotatable bonds is 5. The van der Waals surface area contributed by atoms with E-state index in [9.17, 15) is 8.42 Å². The summed E-state index contributed by atoms with van der Waals surface area (Å²) in [6, 6.07) is 0. The zero-order valence-electron chi connectivity index (χ0n) is 10.1. The van der Waals surface area contributed by atoms with E-state index in [1.807, 2.05) is 0 Å². The van der Waals surface area contributed by atoms with Crippen molar-refractivity contribution in [2.24, 2.45) is 13.0 Å². The Labute approximate surface area is 111 Å². The van der Waals surface area contributed by atoms with Crippen molar-refractivity contribution in [3.63, 3.8) is 0 Å². The van der Waals surface area contributed by atoms with E-state index in [2.05, 4.69) is 9.71 Å². The first-order chi connectivity index (χ1) is 8.50. The minimum Gasteiger partial charge on any atom is -0.381 e. The molecule has 0 saturated carbocycles. The Morgan fingerprint density at radius 1 is 1.67 bits per heavy atom. The first kappa shape index (κ1) is 13.8. The van der Waals surface area contributed by atoms with Crippen LogP contribution in [-0.2, 0) is 21.8 Å². The number of aromatic nitrogens is 2. The van der Waals surface area contributed by atoms with Gasteiger partial charge in [-0.25, -0.2) is 18.1 Å². The largest absolute Gasteiger partial charge is 0.381 e. The molecular formula is C10H16ClN3O3S. The van der Waals surface area contributed by atoms with E-state index in [4.69, 9.17) is 16.3 Å². The van der Waals surface area contributed by atoms with Gasteiger partial charge < -0.3 is 9.30 Å². The van der Waals surface area contributed by atoms with Crippen LogP contribution in [0.15, 0.2) is 11.4 Å². The molecule has 0 aromatic carbocycles. The third-order valence-corrected chi connectivity index (χ3v) is 4.91. The summed E-state index contributed by atoms with van der Waals surface area (Å²) in [4.78, 5) is 3.79. The van der Waals surface area contributed by atoms with Gasteiger partial charge in [0.05, 0.1) is 6.33 Å². The van der Waals surface area contributed by atoms with E-state index < -0.39 is 10.0 Å². The summed E-state index contributed by atoms with van der Waals surface area (Å²) in [6.07, 6.45) is 3.14. The summed E-state index contributed by atoms with van der Waals surface area (Å²) in [7, 11) is -1.97. The van der Waals surface area contributed by atoms with Gasteiger partial charge in [0.25, 0.3) is 10.0 Å². The molecule has 102 valence electrons. The number of hydrogen-bond acceptors (Lipinski definition) is 4. The summed E-state index contributed by atoms with van der Waals surface area (Å²) in [5, 5.41) is 0.000961. The third-order valence-electron chi connectivity index (χ3n) is 2.96. The van der Waals surface area contributed by atoms with Crippen molar-refractivity contribution in [1.82, 2.24) is 14.3 Å². The molecule has 0 radical (unpaired) electrons. The van der Waals surface area contributed by atoms with Crippen molar-refractivity contribution in [3.8, 4) is 0 Å². The number of nitrogens with zero attached hydrogens (tertiary/aromatic N) is 2. The predicted molar refractivity (Wildman–Crippen MR) is 66.9 cm³/mol. The molecule has 1 fully saturated rings. The van der Waals surface area contributed by atoms with Crippen molar-refractivity contribution in [2.45, 2.75) is 17.9 Å². The lowest BCUT2D eigenvalue weighted by Crippen LogP contribution is -2.27. The van der Waals surface area contributed by atoms with Gasteiger partial charge in [-0.1, -0.05) is 11.6 Å². The molecule has 1 N–H and O–H groups in total. The fourth-order valence-corrected chi connectivity index (χ4v) is 3.32. The fourth-order valence-electron chi connectivity index (χ4n) is 1.85. The third kappa shape index (κ3) is 3.03. The standard InChI is InChI=1S/C10H16ClN3O3S/c1-14-7-12-10(9(14)11)18(15,16)13-4-2-8-3-5-17-6-8/h7-8,13H,2-6H2,1H3. The number of ether oxygens (including phenoxy) is 1. The molecule has 0 bridgehead atoms. The molecule has 8 heteroatoms. The van der Waals surface area contributed by atoms with E-state index >= 15 is 0 Å². The molecule has 1 aliphatic heterocycles. The molecule has 0 amide bonds. The maximum atomic E-state index is 11.9. The van der Waals surface area contributed by atoms with Gasteiger partial charge in [0.15, 0.2) is 0 Å². The lowest BCUT2D eigenvalue weighted by molar-refractivity contribution is 0.184. The first-order valence-electron chi connectivity index (χ1n) is 5.75. The van der Waals surface area contributed by atoms with Gasteiger partial charge in [0.2, 0.25) is 5.03 Å². The first-order valence-corrected chi connectivity index (χ1v) is 7.61. The molecule has 1 aromatic rings. The van der Waals surface area contributed by atoms with Crippen LogP contribution < -0.4 is 4.72 Å². The van der Waals surface area contributed by atoms with Crippen molar-refractivity contribution >= 4 is 21.6 Å². The highest BCUT2D eigenvalue weighted by Crippen LogP contribution is 2.19. The summed E-state index contributed by atoms with van der Waals surface area (Å²) in [5.74, 6) is 0.437. The van der Waals surface area contributed by atoms with Crippen LogP contribution in [0.25, 0.3) is 0 Å². The van der Waals surface area contributed by atoms with E-state index in [-0.39, 0.29) is 10.2 Å². The number of hydrogen-bond donors (Lipinski definition) is 1. The average Bonchev–Trinajstić information content (AvgIpc) is 2.91. The summed E-state index contributed by atoms with van der Waals surface area (Å²) < 4.78 is 33.1. The summed E-state index contributed by atoms with van der Waals surface area (Å²) in [6.45, 7) is 1.86. The van der Waals surface area contributed by atoms with Gasteiger partial charge >= 0.3 is 0 Å². The zero-order chi connectivity index (χ0) is 13.2. The van der Waals surface area contributed by atoms with Crippen LogP contribution in [0, 0.1) is 5.92 Å². The maximum absolute atomic E-state index is 11.9. The molecule has 1 aliphatic rings. The number of sulfonamides is 1. The molecule has 1 saturated heterocycles. The monoisotopic (exact) mass is 293 g/mol. The van der Waals surface area contributed by atoms with Gasteiger partial charge in [-0.05, 0) is 18.8 Å². The van der Waals surface area contributed by atoms with E-state index in [0.717, 1.165) is 19.4 Å². The quantitative estimate of drug-likeness (QED) is 0.871. The van der Waals surface area contributed by atoms with E-state index in [1.165, 1.54) is 10.9 Å². The summed E-state index contributed by atoms with van der Waals surface area (Å²) >= 11 is 5.86. The Kier molecular flexibility index (Phi) is 4.26. The summed E-state index contributed by atoms with van der Waals surface area (Å²) in [5.41, 5.74) is 0. The van der Waals surface area contributed by atoms with Crippen molar-refractivity contribution in [3.05, 3.63) is 11.5 Å². The van der Waals surface area contributed by atoms with Crippen molar-refractivity contribution < 1.29 is 13.2 Å². The number of imidazole rings is 1. The Bertz CT molecular complexity index is 508. The predicted octanol–water partition coefficient (Wildman–Crippen LogP) is 0.778. The van der Waals surface area contributed by atoms with Crippen LogP contribution in [0.2, 0.25) is 5.15 Å². The molecule has 2 rings (SSSR count). The molecular weight excluding hydrogens is 278 g/mol. The highest BCUT2D eigenvalue weighted by Gasteiger charge is 2.23. The van der Waals surface area contributed by atoms with E-state index in [1.54, 1.807) is 7.05 Å². The van der Waals surface area contributed by atoms with Gasteiger partial charge in [0.1, 0.15) is 5.15 Å². The molecule has 0 spiro atoms. The lowest BCUT2D eigenvalue weighted by Gasteiger charge is -2.08. The number of nitrogens with one attached hydrogen (secondary N) is 1. The molecule has 2 heterocycles. The average molecular weight is 294 g/mol. The van der Waals surface area contributed by atoms with Crippen LogP contribution in [0.4, 0.5) is 0 Å². The normalized spacial score (nSPS) is 20.4. The van der Waals surface area contributed by atoms with Crippen LogP contribution in [-0.4, -0.2) is 37.7 Å². The lowest BCUT2D eigenvalue weighted by atomic mass is 10.1. The second-order valence-corrected chi connectivity index (χ2v) is 6.41. The van der Waals surface area contributed by atoms with Crippen LogP contribution in [0.1, 0.15) is 12.8 Å². The molecule has 0 aliphatic carbocycles. The van der Waals surface area contributed by atoms with Gasteiger partial charge in [-0.2, -0.15) is 0 Å². The smallest absolute Gasteiger partial charge is 0.261 e. The molecule has 18 heavy (non-hydrogen) atoms. The van der Waals surface area contributed by atoms with Gasteiger partial charge in [-0.15, -0.1) is 0 Å². The number of aryl methyl sites for hydroxylation is 1. The van der Waals surface area contributed by atoms with Crippen molar-refractivity contribution in [1.29, 1.82) is 0 Å². The SMILES string of the molecule is Cn1cnc(S(=O)(=O)NCCC2CCOC2)c1Cl. The van der Waals surface area contributed by atoms with E-state index in [0.29, 0.717) is 19.1 Å².